The molecule has 0 saturated heterocycles. The number of ether oxygens (including phenoxy) is 1. The van der Waals surface area contributed by atoms with Crippen LogP contribution in [0, 0.1) is 0 Å². The van der Waals surface area contributed by atoms with Gasteiger partial charge in [0.2, 0.25) is 0 Å². The van der Waals surface area contributed by atoms with E-state index in [0.29, 0.717) is 22.8 Å². The van der Waals surface area contributed by atoms with E-state index in [1.54, 1.807) is 36.5 Å². The second-order valence-corrected chi connectivity index (χ2v) is 9.30. The summed E-state index contributed by atoms with van der Waals surface area (Å²) in [7, 11) is 0. The van der Waals surface area contributed by atoms with Gasteiger partial charge < -0.3 is 9.84 Å². The maximum absolute atomic E-state index is 11.5. The van der Waals surface area contributed by atoms with Crippen molar-refractivity contribution in [2.24, 2.45) is 0 Å². The first-order valence-electron chi connectivity index (χ1n) is 9.97. The number of aliphatic hydroxyl groups is 1. The molecule has 29 heavy (non-hydrogen) atoms. The molecule has 0 aromatic carbocycles. The Morgan fingerprint density at radius 3 is 2.03 bits per heavy atom. The number of aromatic nitrogens is 2. The van der Waals surface area contributed by atoms with Gasteiger partial charge in [0.1, 0.15) is 5.69 Å². The number of rotatable bonds is 9. The number of carbonyl (C=O) groups is 1. The lowest BCUT2D eigenvalue weighted by Gasteiger charge is -2.08. The third-order valence-corrected chi connectivity index (χ3v) is 6.35. The molecular weight excluding hydrogens is 404 g/mol. The van der Waals surface area contributed by atoms with Gasteiger partial charge in [0.15, 0.2) is 0 Å². The Hall–Kier alpha value is -1.57. The summed E-state index contributed by atoms with van der Waals surface area (Å²) in [5.74, 6) is -0.353. The summed E-state index contributed by atoms with van der Waals surface area (Å²) in [6.45, 7) is 10.8. The zero-order chi connectivity index (χ0) is 21.6. The van der Waals surface area contributed by atoms with Crippen LogP contribution in [0.2, 0.25) is 0 Å². The van der Waals surface area contributed by atoms with Crippen molar-refractivity contribution in [1.29, 1.82) is 0 Å². The van der Waals surface area contributed by atoms with E-state index >= 15 is 0 Å². The number of thioether (sulfide) groups is 2. The van der Waals surface area contributed by atoms with Gasteiger partial charge in [-0.15, -0.1) is 23.5 Å². The number of nitrogens with zero attached hydrogens (tertiary/aromatic N) is 2. The number of pyridine rings is 2. The molecule has 0 aliphatic carbocycles. The first-order chi connectivity index (χ1) is 13.9. The Labute approximate surface area is 183 Å². The predicted molar refractivity (Wildman–Crippen MR) is 122 cm³/mol. The van der Waals surface area contributed by atoms with Gasteiger partial charge in [-0.2, -0.15) is 0 Å². The minimum absolute atomic E-state index is 0.0227. The summed E-state index contributed by atoms with van der Waals surface area (Å²) in [5.41, 5.74) is 1.13. The second-order valence-electron chi connectivity index (χ2n) is 6.38. The molecule has 0 bridgehead atoms. The Morgan fingerprint density at radius 2 is 1.52 bits per heavy atom. The zero-order valence-electron chi connectivity index (χ0n) is 17.9. The normalized spacial score (nSPS) is 12.5. The standard InChI is InChI=1S/C12H17NO2S.C10H15NOS/c1-4-9(3)16-11-8-6-7-10(13-11)12(14)15-5-2;1-3-8(2)13-10-6-4-5-9(7-12)11-10/h6-9H,4-5H2,1-3H3;4-6,8,12H,3,7H2,1-2H3. The van der Waals surface area contributed by atoms with Crippen LogP contribution in [0.4, 0.5) is 0 Å². The van der Waals surface area contributed by atoms with Crippen LogP contribution in [0.5, 0.6) is 0 Å². The van der Waals surface area contributed by atoms with E-state index in [0.717, 1.165) is 28.6 Å². The van der Waals surface area contributed by atoms with Crippen molar-refractivity contribution < 1.29 is 14.6 Å². The van der Waals surface area contributed by atoms with Crippen molar-refractivity contribution in [3.63, 3.8) is 0 Å². The molecule has 0 aliphatic rings. The predicted octanol–water partition coefficient (Wildman–Crippen LogP) is 5.61. The number of esters is 1. The molecule has 1 N–H and O–H groups in total. The monoisotopic (exact) mass is 436 g/mol. The smallest absolute Gasteiger partial charge is 0.356 e. The molecule has 2 rings (SSSR count). The average Bonchev–Trinajstić information content (AvgIpc) is 2.74. The lowest BCUT2D eigenvalue weighted by molar-refractivity contribution is 0.0518. The molecule has 7 heteroatoms. The Morgan fingerprint density at radius 1 is 0.966 bits per heavy atom. The molecule has 0 saturated carbocycles. The largest absolute Gasteiger partial charge is 0.461 e. The van der Waals surface area contributed by atoms with E-state index in [4.69, 9.17) is 9.84 Å². The van der Waals surface area contributed by atoms with Gasteiger partial charge >= 0.3 is 5.97 Å². The average molecular weight is 437 g/mol. The Kier molecular flexibility index (Phi) is 12.7. The quantitative estimate of drug-likeness (QED) is 0.404. The highest BCUT2D eigenvalue weighted by molar-refractivity contribution is 8.00. The van der Waals surface area contributed by atoms with Crippen molar-refractivity contribution >= 4 is 29.5 Å². The molecule has 5 nitrogen and oxygen atoms in total. The van der Waals surface area contributed by atoms with Crippen molar-refractivity contribution in [2.75, 3.05) is 6.61 Å². The molecule has 2 aromatic rings. The summed E-state index contributed by atoms with van der Waals surface area (Å²) in [6, 6.07) is 11.2. The minimum atomic E-state index is -0.353. The van der Waals surface area contributed by atoms with Crippen LogP contribution in [0.25, 0.3) is 0 Å². The lowest BCUT2D eigenvalue weighted by atomic mass is 10.3. The molecule has 0 fully saturated rings. The summed E-state index contributed by atoms with van der Waals surface area (Å²) in [5, 5.41) is 11.8. The van der Waals surface area contributed by atoms with Crippen LogP contribution >= 0.6 is 23.5 Å². The maximum Gasteiger partial charge on any atom is 0.356 e. The number of hydrogen-bond donors (Lipinski definition) is 1. The summed E-state index contributed by atoms with van der Waals surface area (Å²) in [4.78, 5) is 20.0. The van der Waals surface area contributed by atoms with Gasteiger partial charge in [-0.1, -0.05) is 39.8 Å². The van der Waals surface area contributed by atoms with Gasteiger partial charge in [-0.3, -0.25) is 0 Å². The van der Waals surface area contributed by atoms with E-state index in [-0.39, 0.29) is 12.6 Å². The van der Waals surface area contributed by atoms with Gasteiger partial charge in [0, 0.05) is 10.5 Å². The Balaban J connectivity index is 0.000000296. The van der Waals surface area contributed by atoms with Crippen LogP contribution in [-0.4, -0.2) is 38.2 Å². The fourth-order valence-corrected chi connectivity index (χ4v) is 3.78. The molecule has 0 spiro atoms. The Bertz CT molecular complexity index is 744. The molecule has 2 aromatic heterocycles. The minimum Gasteiger partial charge on any atom is -0.461 e. The molecule has 0 aliphatic heterocycles. The van der Waals surface area contributed by atoms with Gasteiger partial charge in [0.25, 0.3) is 0 Å². The van der Waals surface area contributed by atoms with Crippen LogP contribution in [0.3, 0.4) is 0 Å². The highest BCUT2D eigenvalue weighted by Gasteiger charge is 2.10. The third-order valence-electron chi connectivity index (χ3n) is 3.95. The molecule has 2 heterocycles. The van der Waals surface area contributed by atoms with E-state index in [1.165, 1.54) is 0 Å². The molecule has 2 atom stereocenters. The molecular formula is C22H32N2O3S2. The van der Waals surface area contributed by atoms with E-state index in [1.807, 2.05) is 30.3 Å². The van der Waals surface area contributed by atoms with E-state index < -0.39 is 0 Å². The summed E-state index contributed by atoms with van der Waals surface area (Å²) >= 11 is 3.43. The third kappa shape index (κ3) is 10.1. The molecule has 2 unspecified atom stereocenters. The molecule has 0 radical (unpaired) electrons. The second kappa shape index (κ2) is 14.4. The van der Waals surface area contributed by atoms with Crippen LogP contribution in [-0.2, 0) is 11.3 Å². The lowest BCUT2D eigenvalue weighted by Crippen LogP contribution is -2.07. The summed E-state index contributed by atoms with van der Waals surface area (Å²) < 4.78 is 4.90. The fraction of sp³-hybridized carbons (Fsp3) is 0.500. The zero-order valence-corrected chi connectivity index (χ0v) is 19.6. The number of hydrogen-bond acceptors (Lipinski definition) is 7. The van der Waals surface area contributed by atoms with Crippen molar-refractivity contribution in [2.45, 2.75) is 74.6 Å². The van der Waals surface area contributed by atoms with Crippen LogP contribution in [0.1, 0.15) is 63.6 Å². The number of carbonyl (C=O) groups excluding carboxylic acids is 1. The summed E-state index contributed by atoms with van der Waals surface area (Å²) in [6.07, 6.45) is 2.21. The van der Waals surface area contributed by atoms with Crippen LogP contribution < -0.4 is 0 Å². The maximum atomic E-state index is 11.5. The van der Waals surface area contributed by atoms with Crippen molar-refractivity contribution in [3.8, 4) is 0 Å². The van der Waals surface area contributed by atoms with Crippen molar-refractivity contribution in [3.05, 3.63) is 47.8 Å². The first-order valence-corrected chi connectivity index (χ1v) is 11.7. The van der Waals surface area contributed by atoms with E-state index in [2.05, 4.69) is 37.7 Å². The van der Waals surface area contributed by atoms with Gasteiger partial charge in [0.05, 0.1) is 29.0 Å². The van der Waals surface area contributed by atoms with Crippen molar-refractivity contribution in [1.82, 2.24) is 9.97 Å². The first kappa shape index (κ1) is 25.5. The SMILES string of the molecule is CCC(C)Sc1cccc(CO)n1.CCOC(=O)c1cccc(SC(C)CC)n1. The molecule has 160 valence electrons. The van der Waals surface area contributed by atoms with E-state index in [9.17, 15) is 4.79 Å². The topological polar surface area (TPSA) is 72.3 Å². The fourth-order valence-electron chi connectivity index (χ4n) is 1.99. The highest BCUT2D eigenvalue weighted by Crippen LogP contribution is 2.23. The van der Waals surface area contributed by atoms with Crippen LogP contribution in [0.15, 0.2) is 46.5 Å². The van der Waals surface area contributed by atoms with Gasteiger partial charge in [-0.05, 0) is 44.0 Å². The number of aliphatic hydroxyl groups excluding tert-OH is 1. The van der Waals surface area contributed by atoms with Gasteiger partial charge in [-0.25, -0.2) is 14.8 Å². The molecule has 0 amide bonds. The highest BCUT2D eigenvalue weighted by atomic mass is 32.2.